The molecular formula is C42H28S. The van der Waals surface area contributed by atoms with Gasteiger partial charge in [0, 0.05) is 15.0 Å². The zero-order valence-corrected chi connectivity index (χ0v) is 24.5. The van der Waals surface area contributed by atoms with Gasteiger partial charge in [-0.2, -0.15) is 0 Å². The van der Waals surface area contributed by atoms with Gasteiger partial charge in [-0.25, -0.2) is 0 Å². The van der Waals surface area contributed by atoms with Crippen molar-refractivity contribution in [2.75, 3.05) is 0 Å². The molecule has 0 bridgehead atoms. The fourth-order valence-corrected chi connectivity index (χ4v) is 8.34. The molecule has 1 heterocycles. The Hall–Kier alpha value is -4.98. The summed E-state index contributed by atoms with van der Waals surface area (Å²) < 4.78 is 1.39. The van der Waals surface area contributed by atoms with Crippen LogP contribution in [0, 0.1) is 0 Å². The van der Waals surface area contributed by atoms with Crippen LogP contribution in [0.2, 0.25) is 0 Å². The summed E-state index contributed by atoms with van der Waals surface area (Å²) in [6, 6.07) is 49.4. The van der Waals surface area contributed by atoms with Crippen molar-refractivity contribution in [1.82, 2.24) is 0 Å². The van der Waals surface area contributed by atoms with Gasteiger partial charge in [0.15, 0.2) is 0 Å². The average Bonchev–Trinajstić information content (AvgIpc) is 3.45. The van der Waals surface area contributed by atoms with Gasteiger partial charge in [-0.15, -0.1) is 11.3 Å². The largest absolute Gasteiger partial charge is 0.140 e. The summed E-state index contributed by atoms with van der Waals surface area (Å²) in [5.41, 5.74) is 9.10. The maximum absolute atomic E-state index is 2.44. The lowest BCUT2D eigenvalue weighted by molar-refractivity contribution is 1.02. The first-order valence-electron chi connectivity index (χ1n) is 15.1. The lowest BCUT2D eigenvalue weighted by atomic mass is 9.85. The molecule has 7 aromatic carbocycles. The maximum atomic E-state index is 2.44. The molecule has 8 aromatic rings. The van der Waals surface area contributed by atoms with E-state index in [-0.39, 0.29) is 0 Å². The van der Waals surface area contributed by atoms with Crippen LogP contribution in [0.1, 0.15) is 16.9 Å². The second-order valence-corrected chi connectivity index (χ2v) is 12.7. The molecule has 0 saturated heterocycles. The van der Waals surface area contributed by atoms with Crippen molar-refractivity contribution in [2.45, 2.75) is 12.8 Å². The number of benzene rings is 7. The Morgan fingerprint density at radius 2 is 1.05 bits per heavy atom. The van der Waals surface area contributed by atoms with Gasteiger partial charge in [0.2, 0.25) is 0 Å². The average molecular weight is 565 g/mol. The van der Waals surface area contributed by atoms with Crippen LogP contribution < -0.4 is 0 Å². The summed E-state index contributed by atoms with van der Waals surface area (Å²) in [7, 11) is 0. The molecule has 0 radical (unpaired) electrons. The van der Waals surface area contributed by atoms with Crippen LogP contribution in [0.4, 0.5) is 0 Å². The molecule has 0 spiro atoms. The number of hydrogen-bond acceptors (Lipinski definition) is 1. The van der Waals surface area contributed by atoms with Gasteiger partial charge in [0.1, 0.15) is 0 Å². The van der Waals surface area contributed by atoms with Crippen molar-refractivity contribution in [3.8, 4) is 33.4 Å². The van der Waals surface area contributed by atoms with Crippen LogP contribution >= 0.6 is 11.3 Å². The van der Waals surface area contributed by atoms with E-state index < -0.39 is 0 Å². The summed E-state index contributed by atoms with van der Waals surface area (Å²) in [5.74, 6) is 0. The minimum atomic E-state index is 1.15. The van der Waals surface area contributed by atoms with Crippen LogP contribution in [0.5, 0.6) is 0 Å². The molecule has 1 heteroatoms. The normalized spacial score (nSPS) is 12.8. The van der Waals surface area contributed by atoms with Crippen LogP contribution in [-0.2, 0) is 6.42 Å². The highest BCUT2D eigenvalue weighted by Crippen LogP contribution is 2.45. The Kier molecular flexibility index (Phi) is 5.61. The molecule has 1 aliphatic carbocycles. The number of rotatable bonds is 3. The fourth-order valence-electron chi connectivity index (χ4n) is 7.15. The molecule has 0 N–H and O–H groups in total. The van der Waals surface area contributed by atoms with Crippen LogP contribution in [0.3, 0.4) is 0 Å². The topological polar surface area (TPSA) is 0 Å². The van der Waals surface area contributed by atoms with E-state index in [0.717, 1.165) is 12.8 Å². The van der Waals surface area contributed by atoms with E-state index >= 15 is 0 Å². The molecule has 202 valence electrons. The van der Waals surface area contributed by atoms with Crippen molar-refractivity contribution >= 4 is 59.8 Å². The second-order valence-electron chi connectivity index (χ2n) is 11.5. The molecule has 0 saturated carbocycles. The smallest absolute Gasteiger partial charge is 0.0352 e. The van der Waals surface area contributed by atoms with E-state index in [1.807, 2.05) is 11.3 Å². The highest BCUT2D eigenvalue weighted by molar-refractivity contribution is 7.19. The molecule has 9 rings (SSSR count). The Morgan fingerprint density at radius 1 is 0.465 bits per heavy atom. The predicted molar refractivity (Wildman–Crippen MR) is 188 cm³/mol. The first-order chi connectivity index (χ1) is 21.3. The van der Waals surface area contributed by atoms with Gasteiger partial charge in [-0.3, -0.25) is 0 Å². The molecule has 43 heavy (non-hydrogen) atoms. The lowest BCUT2D eigenvalue weighted by Gasteiger charge is -2.18. The highest BCUT2D eigenvalue weighted by atomic mass is 32.1. The van der Waals surface area contributed by atoms with Crippen LogP contribution in [0.25, 0.3) is 81.9 Å². The van der Waals surface area contributed by atoms with Crippen molar-refractivity contribution in [2.24, 2.45) is 0 Å². The first kappa shape index (κ1) is 24.6. The molecule has 1 aliphatic rings. The molecule has 1 aromatic heterocycles. The lowest BCUT2D eigenvalue weighted by Crippen LogP contribution is -1.91. The summed E-state index contributed by atoms with van der Waals surface area (Å²) in [6.45, 7) is 0. The van der Waals surface area contributed by atoms with E-state index in [2.05, 4.69) is 146 Å². The monoisotopic (exact) mass is 564 g/mol. The third kappa shape index (κ3) is 3.89. The Bertz CT molecular complexity index is 2320. The fraction of sp³-hybridized carbons (Fsp3) is 0.0476. The zero-order chi connectivity index (χ0) is 28.3. The van der Waals surface area contributed by atoms with Gasteiger partial charge in [0.05, 0.1) is 0 Å². The van der Waals surface area contributed by atoms with Gasteiger partial charge < -0.3 is 0 Å². The molecule has 0 unspecified atom stereocenters. The van der Waals surface area contributed by atoms with Crippen molar-refractivity contribution in [3.63, 3.8) is 0 Å². The molecule has 0 atom stereocenters. The molecule has 0 nitrogen and oxygen atoms in total. The minimum absolute atomic E-state index is 1.15. The highest BCUT2D eigenvalue weighted by Gasteiger charge is 2.19. The third-order valence-corrected chi connectivity index (χ3v) is 10.4. The molecule has 0 fully saturated rings. The van der Waals surface area contributed by atoms with Gasteiger partial charge in [0.25, 0.3) is 0 Å². The molecule has 0 amide bonds. The molecule has 0 aliphatic heterocycles. The van der Waals surface area contributed by atoms with Gasteiger partial charge in [-0.05, 0) is 96.2 Å². The van der Waals surface area contributed by atoms with Crippen molar-refractivity contribution in [3.05, 3.63) is 150 Å². The number of aryl methyl sites for hydroxylation is 1. The van der Waals surface area contributed by atoms with Crippen LogP contribution in [0.15, 0.2) is 140 Å². The standard InChI is InChI=1S/C42H28S/c1-2-12-31-27(10-1)11-9-18-32(31)28-20-22-29(23-21-28)41-34-14-3-5-16-36(34)42(37-17-6-4-15-35(37)41)30-24-25-40-38(26-30)33-13-7-8-19-39(33)43-40/h1-7,9-18,20-26H,8,19H2. The van der Waals surface area contributed by atoms with Crippen LogP contribution in [-0.4, -0.2) is 0 Å². The molecular weight excluding hydrogens is 537 g/mol. The minimum Gasteiger partial charge on any atom is -0.140 e. The van der Waals surface area contributed by atoms with E-state index in [4.69, 9.17) is 0 Å². The maximum Gasteiger partial charge on any atom is 0.0352 e. The summed E-state index contributed by atoms with van der Waals surface area (Å²) in [4.78, 5) is 1.52. The number of hydrogen-bond donors (Lipinski definition) is 0. The second kappa shape index (κ2) is 9.80. The van der Waals surface area contributed by atoms with E-state index in [0.29, 0.717) is 0 Å². The third-order valence-electron chi connectivity index (χ3n) is 9.12. The summed E-state index contributed by atoms with van der Waals surface area (Å²) >= 11 is 1.96. The van der Waals surface area contributed by atoms with Gasteiger partial charge in [-0.1, -0.05) is 133 Å². The zero-order valence-electron chi connectivity index (χ0n) is 23.7. The van der Waals surface area contributed by atoms with E-state index in [1.165, 1.54) is 86.2 Å². The van der Waals surface area contributed by atoms with E-state index in [1.54, 1.807) is 0 Å². The predicted octanol–water partition coefficient (Wildman–Crippen LogP) is 12.3. The summed E-state index contributed by atoms with van der Waals surface area (Å²) in [6.07, 6.45) is 6.96. The number of fused-ring (bicyclic) bond motifs is 6. The van der Waals surface area contributed by atoms with Gasteiger partial charge >= 0.3 is 0 Å². The van der Waals surface area contributed by atoms with Crippen molar-refractivity contribution in [1.29, 1.82) is 0 Å². The first-order valence-corrected chi connectivity index (χ1v) is 15.9. The van der Waals surface area contributed by atoms with Crippen molar-refractivity contribution < 1.29 is 0 Å². The Labute approximate surface area is 255 Å². The van der Waals surface area contributed by atoms with E-state index in [9.17, 15) is 0 Å². The summed E-state index contributed by atoms with van der Waals surface area (Å²) in [5, 5.41) is 9.13. The quantitative estimate of drug-likeness (QED) is 0.187. The number of allylic oxidation sites excluding steroid dienone is 1. The SMILES string of the molecule is C1=Cc2c(sc3ccc(-c4c5ccccc5c(-c5ccc(-c6cccc7ccccc67)cc5)c5ccccc45)cc23)CC1. The Morgan fingerprint density at radius 3 is 1.77 bits per heavy atom. The number of thiophene rings is 1. The Balaban J connectivity index is 1.26.